The largest absolute Gasteiger partial charge is 0.462 e. The Balaban J connectivity index is 1.38. The molecule has 50 heavy (non-hydrogen) atoms. The molecule has 4 nitrogen and oxygen atoms in total. The molecule has 0 fully saturated rings. The summed E-state index contributed by atoms with van der Waals surface area (Å²) in [5.41, 5.74) is 3.74. The fraction of sp³-hybridized carbons (Fsp3) is 0.0870. The van der Waals surface area contributed by atoms with Gasteiger partial charge in [-0.25, -0.2) is 9.59 Å². The van der Waals surface area contributed by atoms with Gasteiger partial charge < -0.3 is 9.47 Å². The molecule has 0 heterocycles. The van der Waals surface area contributed by atoms with Crippen LogP contribution in [0.25, 0.3) is 86.9 Å². The smallest absolute Gasteiger partial charge is 0.338 e. The van der Waals surface area contributed by atoms with E-state index in [-0.39, 0.29) is 13.2 Å². The van der Waals surface area contributed by atoms with Crippen LogP contribution in [0.3, 0.4) is 0 Å². The molecular formula is C46H32O4. The molecule has 0 bridgehead atoms. The number of ether oxygens (including phenoxy) is 2. The standard InChI is InChI=1S/C46H32O4/c1-3-49-45(47)40-26-39(37-24-31-19-16-27-10-5-6-13-32(27)43(31)35-15-8-7-14-33(35)37)41(46(48)50-4-2)25-38(40)34-22-20-30-18-17-28-11-9-12-29-21-23-36(34)44(30)42(28)29/h5-26H,3-4H2,1-2H3. The molecule has 9 aromatic rings. The van der Waals surface area contributed by atoms with Crippen molar-refractivity contribution >= 4 is 76.6 Å². The summed E-state index contributed by atoms with van der Waals surface area (Å²) in [5, 5.41) is 13.3. The number of benzene rings is 9. The first kappa shape index (κ1) is 29.8. The van der Waals surface area contributed by atoms with Gasteiger partial charge in [0, 0.05) is 0 Å². The summed E-state index contributed by atoms with van der Waals surface area (Å²) in [5.74, 6) is -0.888. The predicted molar refractivity (Wildman–Crippen MR) is 205 cm³/mol. The van der Waals surface area contributed by atoms with Gasteiger partial charge in [0.15, 0.2) is 0 Å². The van der Waals surface area contributed by atoms with E-state index in [1.807, 2.05) is 44.2 Å². The van der Waals surface area contributed by atoms with Gasteiger partial charge in [-0.1, -0.05) is 115 Å². The molecule has 0 radical (unpaired) electrons. The maximum absolute atomic E-state index is 14.0. The summed E-state index contributed by atoms with van der Waals surface area (Å²) in [6, 6.07) is 45.7. The highest BCUT2D eigenvalue weighted by Gasteiger charge is 2.26. The summed E-state index contributed by atoms with van der Waals surface area (Å²) in [4.78, 5) is 28.0. The van der Waals surface area contributed by atoms with Gasteiger partial charge in [-0.3, -0.25) is 0 Å². The highest BCUT2D eigenvalue weighted by molar-refractivity contribution is 6.27. The highest BCUT2D eigenvalue weighted by Crippen LogP contribution is 2.44. The molecule has 0 N–H and O–H groups in total. The van der Waals surface area contributed by atoms with Gasteiger partial charge in [-0.2, -0.15) is 0 Å². The summed E-state index contributed by atoms with van der Waals surface area (Å²) >= 11 is 0. The van der Waals surface area contributed by atoms with Crippen LogP contribution < -0.4 is 0 Å². The molecule has 9 rings (SSSR count). The SMILES string of the molecule is CCOC(=O)c1cc(-c2ccc3ccc4cccc5ccc2c3c45)c(C(=O)OCC)cc1-c1cc2ccc3ccccc3c2c2ccccc12. The highest BCUT2D eigenvalue weighted by atomic mass is 16.5. The van der Waals surface area contributed by atoms with Crippen LogP contribution in [-0.4, -0.2) is 25.2 Å². The monoisotopic (exact) mass is 648 g/mol. The van der Waals surface area contributed by atoms with Crippen molar-refractivity contribution in [1.29, 1.82) is 0 Å². The molecule has 0 spiro atoms. The summed E-state index contributed by atoms with van der Waals surface area (Å²) in [6.45, 7) is 4.06. The van der Waals surface area contributed by atoms with E-state index in [1.54, 1.807) is 0 Å². The van der Waals surface area contributed by atoms with Crippen LogP contribution >= 0.6 is 0 Å². The summed E-state index contributed by atoms with van der Waals surface area (Å²) in [6.07, 6.45) is 0. The van der Waals surface area contributed by atoms with E-state index in [0.29, 0.717) is 22.3 Å². The van der Waals surface area contributed by atoms with Crippen LogP contribution in [0, 0.1) is 0 Å². The molecule has 4 heteroatoms. The summed E-state index contributed by atoms with van der Waals surface area (Å²) in [7, 11) is 0. The van der Waals surface area contributed by atoms with Crippen LogP contribution in [-0.2, 0) is 9.47 Å². The first-order valence-electron chi connectivity index (χ1n) is 17.1. The maximum Gasteiger partial charge on any atom is 0.338 e. The van der Waals surface area contributed by atoms with Crippen molar-refractivity contribution in [1.82, 2.24) is 0 Å². The van der Waals surface area contributed by atoms with Gasteiger partial charge in [0.05, 0.1) is 24.3 Å². The number of carbonyl (C=O) groups is 2. The number of hydrogen-bond acceptors (Lipinski definition) is 4. The Morgan fingerprint density at radius 2 is 0.920 bits per heavy atom. The topological polar surface area (TPSA) is 52.6 Å². The van der Waals surface area contributed by atoms with E-state index in [9.17, 15) is 9.59 Å². The second kappa shape index (κ2) is 11.7. The zero-order valence-corrected chi connectivity index (χ0v) is 27.7. The number of fused-ring (bicyclic) bond motifs is 5. The Morgan fingerprint density at radius 3 is 1.62 bits per heavy atom. The van der Waals surface area contributed by atoms with Gasteiger partial charge >= 0.3 is 11.9 Å². The van der Waals surface area contributed by atoms with Crippen LogP contribution in [0.4, 0.5) is 0 Å². The van der Waals surface area contributed by atoms with E-state index in [4.69, 9.17) is 9.47 Å². The normalized spacial score (nSPS) is 11.7. The molecular weight excluding hydrogens is 617 g/mol. The molecule has 0 amide bonds. The van der Waals surface area contributed by atoms with Crippen LogP contribution in [0.1, 0.15) is 34.6 Å². The molecule has 9 aromatic carbocycles. The Morgan fingerprint density at radius 1 is 0.400 bits per heavy atom. The summed E-state index contributed by atoms with van der Waals surface area (Å²) < 4.78 is 11.4. The lowest BCUT2D eigenvalue weighted by atomic mass is 9.84. The van der Waals surface area contributed by atoms with E-state index in [0.717, 1.165) is 70.4 Å². The van der Waals surface area contributed by atoms with E-state index in [1.165, 1.54) is 5.39 Å². The maximum atomic E-state index is 14.0. The van der Waals surface area contributed by atoms with Crippen LogP contribution in [0.5, 0.6) is 0 Å². The van der Waals surface area contributed by atoms with Crippen LogP contribution in [0.15, 0.2) is 133 Å². The lowest BCUT2D eigenvalue weighted by molar-refractivity contribution is 0.0513. The first-order valence-corrected chi connectivity index (χ1v) is 17.1. The van der Waals surface area contributed by atoms with Gasteiger partial charge in [-0.05, 0) is 119 Å². The minimum absolute atomic E-state index is 0.219. The van der Waals surface area contributed by atoms with Crippen molar-refractivity contribution in [2.45, 2.75) is 13.8 Å². The fourth-order valence-electron chi connectivity index (χ4n) is 7.87. The van der Waals surface area contributed by atoms with Gasteiger partial charge in [0.2, 0.25) is 0 Å². The van der Waals surface area contributed by atoms with Gasteiger partial charge in [0.25, 0.3) is 0 Å². The molecule has 0 atom stereocenters. The first-order chi connectivity index (χ1) is 24.6. The fourth-order valence-corrected chi connectivity index (χ4v) is 7.87. The van der Waals surface area contributed by atoms with Crippen molar-refractivity contribution in [3.05, 3.63) is 145 Å². The third kappa shape index (κ3) is 4.52. The Labute approximate surface area is 288 Å². The molecule has 0 unspecified atom stereocenters. The Kier molecular flexibility index (Phi) is 6.99. The number of hydrogen-bond donors (Lipinski definition) is 0. The van der Waals surface area contributed by atoms with Crippen molar-refractivity contribution in [2.24, 2.45) is 0 Å². The van der Waals surface area contributed by atoms with E-state index < -0.39 is 11.9 Å². The lowest BCUT2D eigenvalue weighted by Gasteiger charge is -2.20. The van der Waals surface area contributed by atoms with Crippen LogP contribution in [0.2, 0.25) is 0 Å². The van der Waals surface area contributed by atoms with Crippen molar-refractivity contribution < 1.29 is 19.1 Å². The van der Waals surface area contributed by atoms with Crippen molar-refractivity contribution in [3.8, 4) is 22.3 Å². The average molecular weight is 649 g/mol. The quantitative estimate of drug-likeness (QED) is 0.133. The minimum Gasteiger partial charge on any atom is -0.462 e. The third-order valence-electron chi connectivity index (χ3n) is 10.0. The second-order valence-corrected chi connectivity index (χ2v) is 12.7. The Bertz CT molecular complexity index is 2810. The number of esters is 2. The zero-order valence-electron chi connectivity index (χ0n) is 27.7. The molecule has 240 valence electrons. The molecule has 0 aliphatic rings. The Hall–Kier alpha value is -6.26. The molecule has 0 aliphatic heterocycles. The molecule has 0 aliphatic carbocycles. The van der Waals surface area contributed by atoms with E-state index in [2.05, 4.69) is 103 Å². The van der Waals surface area contributed by atoms with E-state index >= 15 is 0 Å². The molecule has 0 saturated heterocycles. The zero-order chi connectivity index (χ0) is 33.9. The third-order valence-corrected chi connectivity index (χ3v) is 10.0. The minimum atomic E-state index is -0.445. The van der Waals surface area contributed by atoms with Crippen molar-refractivity contribution in [3.63, 3.8) is 0 Å². The second-order valence-electron chi connectivity index (χ2n) is 12.7. The molecule has 0 aromatic heterocycles. The van der Waals surface area contributed by atoms with Gasteiger partial charge in [0.1, 0.15) is 0 Å². The number of rotatable bonds is 6. The van der Waals surface area contributed by atoms with Gasteiger partial charge in [-0.15, -0.1) is 0 Å². The predicted octanol–water partition coefficient (Wildman–Crippen LogP) is 11.7. The number of carbonyl (C=O) groups excluding carboxylic acids is 2. The lowest BCUT2D eigenvalue weighted by Crippen LogP contribution is -2.12. The molecule has 0 saturated carbocycles. The average Bonchev–Trinajstić information content (AvgIpc) is 3.16. The van der Waals surface area contributed by atoms with Crippen molar-refractivity contribution in [2.75, 3.05) is 13.2 Å².